The van der Waals surface area contributed by atoms with Crippen molar-refractivity contribution in [2.24, 2.45) is 4.99 Å². The van der Waals surface area contributed by atoms with E-state index in [-0.39, 0.29) is 5.91 Å². The van der Waals surface area contributed by atoms with Crippen LogP contribution in [0.5, 0.6) is 0 Å². The molecule has 0 aromatic carbocycles. The van der Waals surface area contributed by atoms with E-state index < -0.39 is 0 Å². The van der Waals surface area contributed by atoms with Gasteiger partial charge in [-0.3, -0.25) is 4.79 Å². The lowest BCUT2D eigenvalue weighted by Crippen LogP contribution is -2.25. The maximum atomic E-state index is 10.5. The second kappa shape index (κ2) is 4.88. The van der Waals surface area contributed by atoms with Crippen molar-refractivity contribution in [1.29, 1.82) is 0 Å². The van der Waals surface area contributed by atoms with Crippen LogP contribution < -0.4 is 0 Å². The van der Waals surface area contributed by atoms with Gasteiger partial charge in [0, 0.05) is 20.5 Å². The van der Waals surface area contributed by atoms with E-state index in [0.29, 0.717) is 0 Å². The van der Waals surface area contributed by atoms with Crippen LogP contribution in [0.3, 0.4) is 0 Å². The van der Waals surface area contributed by atoms with E-state index in [2.05, 4.69) is 11.9 Å². The molecule has 0 unspecified atom stereocenters. The maximum Gasteiger partial charge on any atom is 0.244 e. The summed E-state index contributed by atoms with van der Waals surface area (Å²) in [4.78, 5) is 16.3. The van der Waals surface area contributed by atoms with Crippen LogP contribution in [0.25, 0.3) is 0 Å². The highest BCUT2D eigenvalue weighted by Crippen LogP contribution is 1.90. The minimum Gasteiger partial charge on any atom is -0.363 e. The number of amides is 1. The standard InChI is InChI=1S/C8H16N2O/c1-5-6-10(4)7(2)9-8(3)11/h5-6H2,1-4H3. The van der Waals surface area contributed by atoms with Gasteiger partial charge in [0.1, 0.15) is 5.84 Å². The molecule has 0 fully saturated rings. The molecule has 3 heteroatoms. The summed E-state index contributed by atoms with van der Waals surface area (Å²) < 4.78 is 0. The molecule has 0 aliphatic rings. The van der Waals surface area contributed by atoms with Crippen molar-refractivity contribution in [2.75, 3.05) is 13.6 Å². The lowest BCUT2D eigenvalue weighted by atomic mass is 10.4. The number of hydrogen-bond acceptors (Lipinski definition) is 1. The third kappa shape index (κ3) is 4.53. The Balaban J connectivity index is 4.00. The Kier molecular flexibility index (Phi) is 4.50. The number of nitrogens with zero attached hydrogens (tertiary/aromatic N) is 2. The summed E-state index contributed by atoms with van der Waals surface area (Å²) in [5, 5.41) is 0. The fraction of sp³-hybridized carbons (Fsp3) is 0.750. The Bertz CT molecular complexity index is 163. The van der Waals surface area contributed by atoms with Crippen LogP contribution in [0.1, 0.15) is 27.2 Å². The molecular formula is C8H16N2O. The zero-order valence-electron chi connectivity index (χ0n) is 7.72. The predicted octanol–water partition coefficient (Wildman–Crippen LogP) is 1.29. The van der Waals surface area contributed by atoms with Gasteiger partial charge in [-0.2, -0.15) is 0 Å². The van der Waals surface area contributed by atoms with Crippen molar-refractivity contribution in [2.45, 2.75) is 27.2 Å². The number of rotatable bonds is 2. The Labute approximate surface area is 68.1 Å². The Morgan fingerprint density at radius 2 is 2.00 bits per heavy atom. The molecule has 3 nitrogen and oxygen atoms in total. The molecule has 0 aliphatic heterocycles. The van der Waals surface area contributed by atoms with Crippen molar-refractivity contribution >= 4 is 11.7 Å². The van der Waals surface area contributed by atoms with E-state index in [1.54, 1.807) is 0 Å². The molecule has 0 radical (unpaired) electrons. The highest BCUT2D eigenvalue weighted by molar-refractivity contribution is 5.91. The molecule has 0 bridgehead atoms. The third-order valence-corrected chi connectivity index (χ3v) is 1.43. The van der Waals surface area contributed by atoms with E-state index >= 15 is 0 Å². The summed E-state index contributed by atoms with van der Waals surface area (Å²) in [5.74, 6) is 0.657. The SMILES string of the molecule is CCCN(C)C(C)=NC(C)=O. The third-order valence-electron chi connectivity index (χ3n) is 1.43. The van der Waals surface area contributed by atoms with E-state index in [4.69, 9.17) is 0 Å². The van der Waals surface area contributed by atoms with Gasteiger partial charge in [0.15, 0.2) is 0 Å². The zero-order valence-corrected chi connectivity index (χ0v) is 7.72. The number of aliphatic imine (C=N–C) groups is 1. The van der Waals surface area contributed by atoms with Crippen LogP contribution >= 0.6 is 0 Å². The van der Waals surface area contributed by atoms with Crippen molar-refractivity contribution in [3.05, 3.63) is 0 Å². The molecule has 0 saturated carbocycles. The van der Waals surface area contributed by atoms with Crippen molar-refractivity contribution in [3.8, 4) is 0 Å². The van der Waals surface area contributed by atoms with Gasteiger partial charge >= 0.3 is 0 Å². The summed E-state index contributed by atoms with van der Waals surface area (Å²) in [6.45, 7) is 6.35. The van der Waals surface area contributed by atoms with Crippen molar-refractivity contribution in [1.82, 2.24) is 4.90 Å². The van der Waals surface area contributed by atoms with Gasteiger partial charge in [-0.1, -0.05) is 6.92 Å². The van der Waals surface area contributed by atoms with Crippen LogP contribution in [0.4, 0.5) is 0 Å². The van der Waals surface area contributed by atoms with Gasteiger partial charge in [0.25, 0.3) is 0 Å². The number of carbonyl (C=O) groups excluding carboxylic acids is 1. The lowest BCUT2D eigenvalue weighted by Gasteiger charge is -2.16. The second-order valence-electron chi connectivity index (χ2n) is 2.60. The van der Waals surface area contributed by atoms with Gasteiger partial charge in [-0.15, -0.1) is 0 Å². The molecule has 1 amide bonds. The number of amidine groups is 1. The van der Waals surface area contributed by atoms with E-state index in [1.807, 2.05) is 18.9 Å². The molecule has 0 saturated heterocycles. The normalized spacial score (nSPS) is 11.5. The largest absolute Gasteiger partial charge is 0.363 e. The van der Waals surface area contributed by atoms with Crippen molar-refractivity contribution < 1.29 is 4.79 Å². The summed E-state index contributed by atoms with van der Waals surface area (Å²) in [7, 11) is 1.94. The summed E-state index contributed by atoms with van der Waals surface area (Å²) in [6, 6.07) is 0. The molecule has 0 aromatic rings. The lowest BCUT2D eigenvalue weighted by molar-refractivity contribution is -0.115. The summed E-state index contributed by atoms with van der Waals surface area (Å²) >= 11 is 0. The average Bonchev–Trinajstić information content (AvgIpc) is 1.86. The van der Waals surface area contributed by atoms with Crippen LogP contribution in [0, 0.1) is 0 Å². The molecule has 0 atom stereocenters. The number of carbonyl (C=O) groups is 1. The van der Waals surface area contributed by atoms with E-state index in [0.717, 1.165) is 18.8 Å². The molecule has 0 aromatic heterocycles. The Morgan fingerprint density at radius 1 is 1.45 bits per heavy atom. The first-order valence-electron chi connectivity index (χ1n) is 3.85. The first kappa shape index (κ1) is 10.1. The fourth-order valence-electron chi connectivity index (χ4n) is 0.810. The summed E-state index contributed by atoms with van der Waals surface area (Å²) in [6.07, 6.45) is 1.07. The second-order valence-corrected chi connectivity index (χ2v) is 2.60. The fourth-order valence-corrected chi connectivity index (χ4v) is 0.810. The van der Waals surface area contributed by atoms with Gasteiger partial charge in [0.2, 0.25) is 5.91 Å². The minimum atomic E-state index is -0.134. The molecule has 11 heavy (non-hydrogen) atoms. The van der Waals surface area contributed by atoms with Gasteiger partial charge in [-0.05, 0) is 13.3 Å². The van der Waals surface area contributed by atoms with Crippen molar-refractivity contribution in [3.63, 3.8) is 0 Å². The smallest absolute Gasteiger partial charge is 0.244 e. The molecule has 0 rings (SSSR count). The molecule has 0 aliphatic carbocycles. The molecule has 0 spiro atoms. The molecule has 64 valence electrons. The average molecular weight is 156 g/mol. The predicted molar refractivity (Wildman–Crippen MR) is 46.7 cm³/mol. The van der Waals surface area contributed by atoms with E-state index in [1.165, 1.54) is 6.92 Å². The van der Waals surface area contributed by atoms with Crippen LogP contribution in [0.15, 0.2) is 4.99 Å². The maximum absolute atomic E-state index is 10.5. The van der Waals surface area contributed by atoms with Gasteiger partial charge < -0.3 is 4.90 Å². The van der Waals surface area contributed by atoms with Crippen LogP contribution in [0.2, 0.25) is 0 Å². The van der Waals surface area contributed by atoms with E-state index in [9.17, 15) is 4.79 Å². The highest BCUT2D eigenvalue weighted by atomic mass is 16.1. The molecule has 0 heterocycles. The monoisotopic (exact) mass is 156 g/mol. The minimum absolute atomic E-state index is 0.134. The first-order valence-corrected chi connectivity index (χ1v) is 3.85. The van der Waals surface area contributed by atoms with Gasteiger partial charge in [-0.25, -0.2) is 4.99 Å². The molecular weight excluding hydrogens is 140 g/mol. The Morgan fingerprint density at radius 3 is 2.36 bits per heavy atom. The Hall–Kier alpha value is -0.860. The number of hydrogen-bond donors (Lipinski definition) is 0. The highest BCUT2D eigenvalue weighted by Gasteiger charge is 1.98. The summed E-state index contributed by atoms with van der Waals surface area (Å²) in [5.41, 5.74) is 0. The van der Waals surface area contributed by atoms with Crippen LogP contribution in [-0.2, 0) is 4.79 Å². The van der Waals surface area contributed by atoms with Crippen LogP contribution in [-0.4, -0.2) is 30.2 Å². The van der Waals surface area contributed by atoms with Gasteiger partial charge in [0.05, 0.1) is 0 Å². The molecule has 0 N–H and O–H groups in total. The quantitative estimate of drug-likeness (QED) is 0.446. The first-order chi connectivity index (χ1) is 5.07. The topological polar surface area (TPSA) is 32.7 Å². The zero-order chi connectivity index (χ0) is 8.85.